The van der Waals surface area contributed by atoms with Gasteiger partial charge in [-0.25, -0.2) is 4.79 Å². The predicted octanol–water partition coefficient (Wildman–Crippen LogP) is 3.38. The van der Waals surface area contributed by atoms with Gasteiger partial charge < -0.3 is 15.7 Å². The molecule has 0 radical (unpaired) electrons. The van der Waals surface area contributed by atoms with Gasteiger partial charge in [-0.3, -0.25) is 4.79 Å². The van der Waals surface area contributed by atoms with Crippen molar-refractivity contribution in [2.45, 2.75) is 31.7 Å². The zero-order valence-electron chi connectivity index (χ0n) is 11.3. The lowest BCUT2D eigenvalue weighted by Gasteiger charge is -2.14. The summed E-state index contributed by atoms with van der Waals surface area (Å²) in [5.41, 5.74) is 0.328. The molecule has 0 spiro atoms. The molecule has 0 saturated heterocycles. The molecule has 2 rings (SSSR count). The SMILES string of the molecule is O=C(CNC1CCCC1)Nc1c(Br)cc(Br)cc1C(=O)O. The van der Waals surface area contributed by atoms with Crippen molar-refractivity contribution < 1.29 is 14.7 Å². The topological polar surface area (TPSA) is 78.4 Å². The summed E-state index contributed by atoms with van der Waals surface area (Å²) in [7, 11) is 0. The molecule has 1 saturated carbocycles. The minimum absolute atomic E-state index is 0.0467. The van der Waals surface area contributed by atoms with Crippen molar-refractivity contribution in [3.63, 3.8) is 0 Å². The van der Waals surface area contributed by atoms with Crippen LogP contribution < -0.4 is 10.6 Å². The fraction of sp³-hybridized carbons (Fsp3) is 0.429. The summed E-state index contributed by atoms with van der Waals surface area (Å²) in [6.07, 6.45) is 4.58. The molecule has 0 heterocycles. The van der Waals surface area contributed by atoms with E-state index in [-0.39, 0.29) is 23.7 Å². The lowest BCUT2D eigenvalue weighted by atomic mass is 10.2. The fourth-order valence-electron chi connectivity index (χ4n) is 2.42. The van der Waals surface area contributed by atoms with Gasteiger partial charge in [-0.1, -0.05) is 28.8 Å². The summed E-state index contributed by atoms with van der Waals surface area (Å²) in [4.78, 5) is 23.2. The van der Waals surface area contributed by atoms with Crippen molar-refractivity contribution in [2.75, 3.05) is 11.9 Å². The maximum absolute atomic E-state index is 12.0. The maximum atomic E-state index is 12.0. The van der Waals surface area contributed by atoms with Crippen LogP contribution in [0.2, 0.25) is 0 Å². The molecule has 3 N–H and O–H groups in total. The molecule has 7 heteroatoms. The molecule has 0 aliphatic heterocycles. The number of carbonyl (C=O) groups is 2. The lowest BCUT2D eigenvalue weighted by Crippen LogP contribution is -2.34. The summed E-state index contributed by atoms with van der Waals surface area (Å²) in [5.74, 6) is -1.33. The van der Waals surface area contributed by atoms with Gasteiger partial charge in [0.1, 0.15) is 0 Å². The van der Waals surface area contributed by atoms with Gasteiger partial charge in [0.2, 0.25) is 5.91 Å². The monoisotopic (exact) mass is 418 g/mol. The molecular formula is C14H16Br2N2O3. The highest BCUT2D eigenvalue weighted by Gasteiger charge is 2.19. The van der Waals surface area contributed by atoms with Crippen molar-refractivity contribution in [1.29, 1.82) is 0 Å². The third-order valence-corrected chi connectivity index (χ3v) is 4.54. The number of amides is 1. The van der Waals surface area contributed by atoms with E-state index in [0.717, 1.165) is 12.8 Å². The van der Waals surface area contributed by atoms with Gasteiger partial charge in [0.05, 0.1) is 17.8 Å². The molecule has 1 aliphatic rings. The van der Waals surface area contributed by atoms with Crippen molar-refractivity contribution in [3.05, 3.63) is 26.6 Å². The van der Waals surface area contributed by atoms with Gasteiger partial charge in [-0.15, -0.1) is 0 Å². The first-order valence-corrected chi connectivity index (χ1v) is 8.31. The molecule has 1 amide bonds. The van der Waals surface area contributed by atoms with Crippen LogP contribution in [-0.4, -0.2) is 29.6 Å². The number of rotatable bonds is 5. The Bertz CT molecular complexity index is 557. The van der Waals surface area contributed by atoms with Gasteiger partial charge in [0.15, 0.2) is 0 Å². The Balaban J connectivity index is 2.04. The average molecular weight is 420 g/mol. The Morgan fingerprint density at radius 1 is 1.24 bits per heavy atom. The molecule has 1 aromatic carbocycles. The Morgan fingerprint density at radius 2 is 1.90 bits per heavy atom. The van der Waals surface area contributed by atoms with Crippen LogP contribution in [0.4, 0.5) is 5.69 Å². The molecule has 1 aliphatic carbocycles. The summed E-state index contributed by atoms with van der Waals surface area (Å²) in [5, 5.41) is 15.1. The summed E-state index contributed by atoms with van der Waals surface area (Å²) in [6.45, 7) is 0.187. The van der Waals surface area contributed by atoms with Crippen LogP contribution in [-0.2, 0) is 4.79 Å². The number of benzene rings is 1. The van der Waals surface area contributed by atoms with Crippen LogP contribution in [0, 0.1) is 0 Å². The van der Waals surface area contributed by atoms with Crippen molar-refractivity contribution in [1.82, 2.24) is 5.32 Å². The summed E-state index contributed by atoms with van der Waals surface area (Å²) < 4.78 is 1.16. The molecule has 114 valence electrons. The lowest BCUT2D eigenvalue weighted by molar-refractivity contribution is -0.115. The highest BCUT2D eigenvalue weighted by molar-refractivity contribution is 9.11. The van der Waals surface area contributed by atoms with Gasteiger partial charge in [-0.2, -0.15) is 0 Å². The van der Waals surface area contributed by atoms with E-state index in [2.05, 4.69) is 42.5 Å². The zero-order valence-corrected chi connectivity index (χ0v) is 14.5. The van der Waals surface area contributed by atoms with E-state index in [1.165, 1.54) is 18.9 Å². The molecule has 5 nitrogen and oxygen atoms in total. The Hall–Kier alpha value is -0.920. The van der Waals surface area contributed by atoms with Crippen LogP contribution in [0.1, 0.15) is 36.0 Å². The van der Waals surface area contributed by atoms with E-state index in [1.54, 1.807) is 6.07 Å². The highest BCUT2D eigenvalue weighted by Crippen LogP contribution is 2.30. The van der Waals surface area contributed by atoms with E-state index in [4.69, 9.17) is 0 Å². The molecule has 1 aromatic rings. The number of nitrogens with one attached hydrogen (secondary N) is 2. The number of hydrogen-bond acceptors (Lipinski definition) is 3. The normalized spacial score (nSPS) is 15.1. The van der Waals surface area contributed by atoms with E-state index in [9.17, 15) is 14.7 Å². The standard InChI is InChI=1S/C14H16Br2N2O3/c15-8-5-10(14(20)21)13(11(16)6-8)18-12(19)7-17-9-3-1-2-4-9/h5-6,9,17H,1-4,7H2,(H,18,19)(H,20,21). The Labute approximate surface area is 139 Å². The second kappa shape index (κ2) is 7.38. The largest absolute Gasteiger partial charge is 0.478 e. The quantitative estimate of drug-likeness (QED) is 0.683. The number of carbonyl (C=O) groups excluding carboxylic acids is 1. The predicted molar refractivity (Wildman–Crippen MR) is 87.7 cm³/mol. The highest BCUT2D eigenvalue weighted by atomic mass is 79.9. The molecule has 0 unspecified atom stereocenters. The molecule has 0 bridgehead atoms. The van der Waals surface area contributed by atoms with Gasteiger partial charge in [0, 0.05) is 15.0 Å². The van der Waals surface area contributed by atoms with Crippen molar-refractivity contribution in [2.24, 2.45) is 0 Å². The van der Waals surface area contributed by atoms with Crippen LogP contribution in [0.25, 0.3) is 0 Å². The second-order valence-corrected chi connectivity index (χ2v) is 6.80. The smallest absolute Gasteiger partial charge is 0.337 e. The van der Waals surface area contributed by atoms with Crippen LogP contribution >= 0.6 is 31.9 Å². The molecule has 0 aromatic heterocycles. The van der Waals surface area contributed by atoms with E-state index in [1.807, 2.05) is 0 Å². The number of hydrogen-bond donors (Lipinski definition) is 3. The van der Waals surface area contributed by atoms with Crippen molar-refractivity contribution in [3.8, 4) is 0 Å². The van der Waals surface area contributed by atoms with E-state index < -0.39 is 5.97 Å². The number of carboxylic acid groups (broad SMARTS) is 1. The van der Waals surface area contributed by atoms with Crippen LogP contribution in [0.15, 0.2) is 21.1 Å². The van der Waals surface area contributed by atoms with Gasteiger partial charge >= 0.3 is 5.97 Å². The summed E-state index contributed by atoms with van der Waals surface area (Å²) >= 11 is 6.52. The molecular weight excluding hydrogens is 404 g/mol. The minimum Gasteiger partial charge on any atom is -0.478 e. The molecule has 1 fully saturated rings. The first-order valence-electron chi connectivity index (χ1n) is 6.73. The minimum atomic E-state index is -1.09. The third kappa shape index (κ3) is 4.52. The van der Waals surface area contributed by atoms with E-state index in [0.29, 0.717) is 15.0 Å². The second-order valence-electron chi connectivity index (χ2n) is 5.03. The number of aromatic carboxylic acids is 1. The summed E-state index contributed by atoms with van der Waals surface area (Å²) in [6, 6.07) is 3.56. The first kappa shape index (κ1) is 16.5. The third-order valence-electron chi connectivity index (χ3n) is 3.46. The van der Waals surface area contributed by atoms with E-state index >= 15 is 0 Å². The Kier molecular flexibility index (Phi) is 5.78. The maximum Gasteiger partial charge on any atom is 0.337 e. The molecule has 0 atom stereocenters. The number of halogens is 2. The van der Waals surface area contributed by atoms with Crippen molar-refractivity contribution >= 4 is 49.4 Å². The average Bonchev–Trinajstić information content (AvgIpc) is 2.92. The number of anilines is 1. The van der Waals surface area contributed by atoms with Gasteiger partial charge in [0.25, 0.3) is 0 Å². The fourth-order valence-corrected chi connectivity index (χ4v) is 3.74. The number of carboxylic acids is 1. The van der Waals surface area contributed by atoms with Crippen LogP contribution in [0.5, 0.6) is 0 Å². The molecule has 21 heavy (non-hydrogen) atoms. The Morgan fingerprint density at radius 3 is 2.52 bits per heavy atom. The first-order chi connectivity index (χ1) is 9.97. The van der Waals surface area contributed by atoms with Crippen LogP contribution in [0.3, 0.4) is 0 Å². The zero-order chi connectivity index (χ0) is 15.4. The van der Waals surface area contributed by atoms with Gasteiger partial charge in [-0.05, 0) is 40.9 Å².